The average molecular weight is 498 g/mol. The summed E-state index contributed by atoms with van der Waals surface area (Å²) in [5.74, 6) is -0.340. The number of aromatic nitrogens is 2. The van der Waals surface area contributed by atoms with E-state index in [4.69, 9.17) is 0 Å². The third-order valence-electron chi connectivity index (χ3n) is 5.18. The van der Waals surface area contributed by atoms with Crippen molar-refractivity contribution in [1.29, 1.82) is 0 Å². The minimum Gasteiger partial charge on any atom is -0.325 e. The lowest BCUT2D eigenvalue weighted by molar-refractivity contribution is -0.116. The molecule has 2 heterocycles. The van der Waals surface area contributed by atoms with Gasteiger partial charge in [-0.15, -0.1) is 11.3 Å². The van der Waals surface area contributed by atoms with Crippen molar-refractivity contribution < 1.29 is 4.79 Å². The van der Waals surface area contributed by atoms with Crippen LogP contribution in [-0.4, -0.2) is 15.0 Å². The standard InChI is InChI=1S/C23H20BrN3O3S/c1-14-3-4-16(11-15(14)2)12-27-22(29)21-19(9-10-31-21)26(23(27)30)13-20(28)25-18-7-5-17(24)6-8-18/h3-11H,12-13H2,1-2H3,(H,25,28). The Morgan fingerprint density at radius 1 is 1.00 bits per heavy atom. The highest BCUT2D eigenvalue weighted by Crippen LogP contribution is 2.17. The first kappa shape index (κ1) is 21.3. The lowest BCUT2D eigenvalue weighted by Gasteiger charge is -2.13. The van der Waals surface area contributed by atoms with Crippen LogP contribution < -0.4 is 16.6 Å². The quantitative estimate of drug-likeness (QED) is 0.446. The van der Waals surface area contributed by atoms with Gasteiger partial charge in [0.15, 0.2) is 0 Å². The number of nitrogens with one attached hydrogen (secondary N) is 1. The van der Waals surface area contributed by atoms with Gasteiger partial charge in [0.1, 0.15) is 11.2 Å². The number of halogens is 1. The summed E-state index contributed by atoms with van der Waals surface area (Å²) in [6.45, 7) is 3.98. The maximum absolute atomic E-state index is 13.2. The van der Waals surface area contributed by atoms with E-state index in [0.717, 1.165) is 21.2 Å². The molecule has 0 aliphatic heterocycles. The van der Waals surface area contributed by atoms with Gasteiger partial charge in [-0.25, -0.2) is 4.79 Å². The van der Waals surface area contributed by atoms with Gasteiger partial charge in [-0.3, -0.25) is 18.7 Å². The highest BCUT2D eigenvalue weighted by Gasteiger charge is 2.17. The number of anilines is 1. The van der Waals surface area contributed by atoms with Crippen molar-refractivity contribution in [2.24, 2.45) is 0 Å². The van der Waals surface area contributed by atoms with E-state index in [-0.39, 0.29) is 24.6 Å². The van der Waals surface area contributed by atoms with Crippen molar-refractivity contribution in [3.63, 3.8) is 0 Å². The van der Waals surface area contributed by atoms with Gasteiger partial charge in [0, 0.05) is 10.2 Å². The predicted molar refractivity (Wildman–Crippen MR) is 128 cm³/mol. The SMILES string of the molecule is Cc1ccc(Cn2c(=O)c3sccc3n(CC(=O)Nc3ccc(Br)cc3)c2=O)cc1C. The van der Waals surface area contributed by atoms with E-state index >= 15 is 0 Å². The molecule has 0 atom stereocenters. The Morgan fingerprint density at radius 2 is 1.74 bits per heavy atom. The van der Waals surface area contributed by atoms with Gasteiger partial charge in [-0.2, -0.15) is 0 Å². The van der Waals surface area contributed by atoms with Crippen molar-refractivity contribution in [2.75, 3.05) is 5.32 Å². The summed E-state index contributed by atoms with van der Waals surface area (Å²) in [4.78, 5) is 38.9. The van der Waals surface area contributed by atoms with Crippen LogP contribution in [0.25, 0.3) is 10.2 Å². The van der Waals surface area contributed by atoms with Crippen LogP contribution in [-0.2, 0) is 17.9 Å². The van der Waals surface area contributed by atoms with E-state index < -0.39 is 5.69 Å². The van der Waals surface area contributed by atoms with Crippen LogP contribution in [0.2, 0.25) is 0 Å². The number of carbonyl (C=O) groups excluding carboxylic acids is 1. The molecule has 0 fully saturated rings. The van der Waals surface area contributed by atoms with Crippen LogP contribution in [0.5, 0.6) is 0 Å². The molecule has 0 bridgehead atoms. The summed E-state index contributed by atoms with van der Waals surface area (Å²) in [6, 6.07) is 14.8. The number of rotatable bonds is 5. The molecule has 2 aromatic carbocycles. The van der Waals surface area contributed by atoms with Crippen LogP contribution in [0.3, 0.4) is 0 Å². The normalized spacial score (nSPS) is 11.1. The summed E-state index contributed by atoms with van der Waals surface area (Å²) in [5, 5.41) is 4.55. The van der Waals surface area contributed by atoms with Crippen molar-refractivity contribution >= 4 is 49.1 Å². The first-order chi connectivity index (χ1) is 14.8. The number of aryl methyl sites for hydroxylation is 2. The Bertz CT molecular complexity index is 1400. The fraction of sp³-hybridized carbons (Fsp3) is 0.174. The molecule has 1 N–H and O–H groups in total. The molecule has 158 valence electrons. The third kappa shape index (κ3) is 4.40. The molecule has 0 spiro atoms. The molecule has 0 saturated carbocycles. The number of amides is 1. The Hall–Kier alpha value is -2.97. The Kier molecular flexibility index (Phi) is 5.93. The maximum atomic E-state index is 13.2. The minimum atomic E-state index is -0.500. The fourth-order valence-corrected chi connectivity index (χ4v) is 4.49. The van der Waals surface area contributed by atoms with E-state index in [1.165, 1.54) is 20.5 Å². The first-order valence-electron chi connectivity index (χ1n) is 9.66. The van der Waals surface area contributed by atoms with E-state index in [1.54, 1.807) is 23.6 Å². The zero-order chi connectivity index (χ0) is 22.1. The molecule has 0 aliphatic rings. The van der Waals surface area contributed by atoms with Gasteiger partial charge in [0.05, 0.1) is 12.1 Å². The molecule has 2 aromatic heterocycles. The molecule has 1 amide bonds. The molecule has 6 nitrogen and oxygen atoms in total. The summed E-state index contributed by atoms with van der Waals surface area (Å²) >= 11 is 4.63. The maximum Gasteiger partial charge on any atom is 0.332 e. The van der Waals surface area contributed by atoms with Crippen molar-refractivity contribution in [3.8, 4) is 0 Å². The number of hydrogen-bond donors (Lipinski definition) is 1. The van der Waals surface area contributed by atoms with Gasteiger partial charge >= 0.3 is 5.69 Å². The highest BCUT2D eigenvalue weighted by atomic mass is 79.9. The van der Waals surface area contributed by atoms with Crippen LogP contribution in [0.4, 0.5) is 5.69 Å². The van der Waals surface area contributed by atoms with Gasteiger partial charge in [-0.05, 0) is 66.2 Å². The van der Waals surface area contributed by atoms with Gasteiger partial charge < -0.3 is 5.32 Å². The molecular formula is C23H20BrN3O3S. The van der Waals surface area contributed by atoms with Crippen LogP contribution in [0, 0.1) is 13.8 Å². The topological polar surface area (TPSA) is 73.1 Å². The third-order valence-corrected chi connectivity index (χ3v) is 6.60. The lowest BCUT2D eigenvalue weighted by atomic mass is 10.1. The number of hydrogen-bond acceptors (Lipinski definition) is 4. The molecule has 31 heavy (non-hydrogen) atoms. The van der Waals surface area contributed by atoms with E-state index in [9.17, 15) is 14.4 Å². The molecule has 0 aliphatic carbocycles. The summed E-state index contributed by atoms with van der Waals surface area (Å²) in [6.07, 6.45) is 0. The fourth-order valence-electron chi connectivity index (χ4n) is 3.39. The second kappa shape index (κ2) is 8.64. The van der Waals surface area contributed by atoms with E-state index in [0.29, 0.717) is 15.9 Å². The molecule has 0 unspecified atom stereocenters. The van der Waals surface area contributed by atoms with E-state index in [2.05, 4.69) is 21.2 Å². The van der Waals surface area contributed by atoms with Crippen LogP contribution >= 0.6 is 27.3 Å². The molecule has 4 rings (SSSR count). The van der Waals surface area contributed by atoms with Crippen molar-refractivity contribution in [2.45, 2.75) is 26.9 Å². The highest BCUT2D eigenvalue weighted by molar-refractivity contribution is 9.10. The smallest absolute Gasteiger partial charge is 0.325 e. The van der Waals surface area contributed by atoms with Crippen molar-refractivity contribution in [3.05, 3.63) is 95.9 Å². The minimum absolute atomic E-state index is 0.154. The van der Waals surface area contributed by atoms with Crippen LogP contribution in [0.1, 0.15) is 16.7 Å². The summed E-state index contributed by atoms with van der Waals surface area (Å²) in [7, 11) is 0. The van der Waals surface area contributed by atoms with Gasteiger partial charge in [-0.1, -0.05) is 34.1 Å². The average Bonchev–Trinajstić information content (AvgIpc) is 3.23. The molecule has 4 aromatic rings. The lowest BCUT2D eigenvalue weighted by Crippen LogP contribution is -2.41. The predicted octanol–water partition coefficient (Wildman–Crippen LogP) is 4.29. The summed E-state index contributed by atoms with van der Waals surface area (Å²) < 4.78 is 3.93. The van der Waals surface area contributed by atoms with Gasteiger partial charge in [0.2, 0.25) is 5.91 Å². The van der Waals surface area contributed by atoms with Crippen LogP contribution in [0.15, 0.2) is 68.0 Å². The summed E-state index contributed by atoms with van der Waals surface area (Å²) in [5.41, 5.74) is 3.37. The zero-order valence-corrected chi connectivity index (χ0v) is 19.4. The van der Waals surface area contributed by atoms with E-state index in [1.807, 2.05) is 44.2 Å². The number of carbonyl (C=O) groups is 1. The Labute approximate surface area is 190 Å². The van der Waals surface area contributed by atoms with Crippen molar-refractivity contribution in [1.82, 2.24) is 9.13 Å². The zero-order valence-electron chi connectivity index (χ0n) is 17.0. The molecule has 8 heteroatoms. The number of fused-ring (bicyclic) bond motifs is 1. The number of thiophene rings is 1. The Morgan fingerprint density at radius 3 is 2.45 bits per heavy atom. The van der Waals surface area contributed by atoms with Gasteiger partial charge in [0.25, 0.3) is 5.56 Å². The second-order valence-corrected chi connectivity index (χ2v) is 9.20. The monoisotopic (exact) mass is 497 g/mol. The Balaban J connectivity index is 1.71. The number of nitrogens with zero attached hydrogens (tertiary/aromatic N) is 2. The first-order valence-corrected chi connectivity index (χ1v) is 11.3. The second-order valence-electron chi connectivity index (χ2n) is 7.37. The number of benzene rings is 2. The molecule has 0 radical (unpaired) electrons. The largest absolute Gasteiger partial charge is 0.332 e. The molecular weight excluding hydrogens is 478 g/mol. The molecule has 0 saturated heterocycles.